The first-order valence-corrected chi connectivity index (χ1v) is 6.94. The van der Waals surface area contributed by atoms with Crippen LogP contribution in [0.3, 0.4) is 0 Å². The fourth-order valence-corrected chi connectivity index (χ4v) is 2.09. The third kappa shape index (κ3) is 3.30. The molecule has 0 aromatic heterocycles. The fraction of sp³-hybridized carbons (Fsp3) is 0.133. The first kappa shape index (κ1) is 14.4. The number of benzene rings is 2. The number of nitrogens with two attached hydrogens (primary N) is 1. The molecule has 104 valence electrons. The zero-order chi connectivity index (χ0) is 14.5. The van der Waals surface area contributed by atoms with Gasteiger partial charge in [0.15, 0.2) is 11.5 Å². The summed E-state index contributed by atoms with van der Waals surface area (Å²) in [5, 5.41) is 7.62. The molecule has 3 N–H and O–H groups in total. The molecule has 0 fully saturated rings. The van der Waals surface area contributed by atoms with Gasteiger partial charge in [0.05, 0.1) is 12.2 Å². The van der Waals surface area contributed by atoms with Gasteiger partial charge in [-0.25, -0.2) is 0 Å². The summed E-state index contributed by atoms with van der Waals surface area (Å²) in [6.45, 7) is 2.47. The molecule has 2 aromatic carbocycles. The van der Waals surface area contributed by atoms with E-state index in [1.54, 1.807) is 12.1 Å². The van der Waals surface area contributed by atoms with Crippen LogP contribution in [0.4, 0.5) is 0 Å². The first-order valence-electron chi connectivity index (χ1n) is 6.15. The largest absolute Gasteiger partial charge is 0.490 e. The second-order valence-electron chi connectivity index (χ2n) is 4.04. The van der Waals surface area contributed by atoms with E-state index in [2.05, 4.69) is 15.9 Å². The quantitative estimate of drug-likeness (QED) is 0.643. The number of rotatable bonds is 5. The molecular weight excluding hydrogens is 320 g/mol. The summed E-state index contributed by atoms with van der Waals surface area (Å²) in [5.74, 6) is 1.73. The molecule has 5 heteroatoms. The third-order valence-electron chi connectivity index (χ3n) is 2.60. The van der Waals surface area contributed by atoms with Gasteiger partial charge < -0.3 is 15.2 Å². The number of halogens is 1. The van der Waals surface area contributed by atoms with Crippen molar-refractivity contribution in [3.05, 3.63) is 52.5 Å². The van der Waals surface area contributed by atoms with E-state index in [0.29, 0.717) is 29.4 Å². The lowest BCUT2D eigenvalue weighted by molar-refractivity contribution is 0.321. The number of amidine groups is 1. The Bertz CT molecular complexity index is 629. The topological polar surface area (TPSA) is 68.3 Å². The zero-order valence-corrected chi connectivity index (χ0v) is 12.6. The summed E-state index contributed by atoms with van der Waals surface area (Å²) in [7, 11) is 0. The van der Waals surface area contributed by atoms with Gasteiger partial charge in [0.1, 0.15) is 11.6 Å². The predicted molar refractivity (Wildman–Crippen MR) is 82.8 cm³/mol. The van der Waals surface area contributed by atoms with Gasteiger partial charge in [0.2, 0.25) is 0 Å². The molecule has 2 rings (SSSR count). The lowest BCUT2D eigenvalue weighted by Gasteiger charge is -2.14. The molecule has 0 unspecified atom stereocenters. The molecule has 0 saturated heterocycles. The molecule has 0 spiro atoms. The highest BCUT2D eigenvalue weighted by molar-refractivity contribution is 9.10. The summed E-state index contributed by atoms with van der Waals surface area (Å²) in [6, 6.07) is 12.8. The summed E-state index contributed by atoms with van der Waals surface area (Å²) in [6.07, 6.45) is 0. The SMILES string of the molecule is CCOc1ccccc1Oc1ccc(Br)cc1C(=N)N. The van der Waals surface area contributed by atoms with Crippen molar-refractivity contribution in [3.8, 4) is 17.2 Å². The van der Waals surface area contributed by atoms with Crippen molar-refractivity contribution in [2.24, 2.45) is 5.73 Å². The van der Waals surface area contributed by atoms with Crippen LogP contribution in [0, 0.1) is 5.41 Å². The third-order valence-corrected chi connectivity index (χ3v) is 3.09. The number of ether oxygens (including phenoxy) is 2. The van der Waals surface area contributed by atoms with E-state index in [1.165, 1.54) is 0 Å². The molecule has 0 bridgehead atoms. The van der Waals surface area contributed by atoms with Crippen LogP contribution in [-0.4, -0.2) is 12.4 Å². The van der Waals surface area contributed by atoms with Crippen LogP contribution in [-0.2, 0) is 0 Å². The second kappa shape index (κ2) is 6.43. The Kier molecular flexibility index (Phi) is 4.63. The van der Waals surface area contributed by atoms with Crippen molar-refractivity contribution in [2.75, 3.05) is 6.61 Å². The zero-order valence-electron chi connectivity index (χ0n) is 11.0. The minimum Gasteiger partial charge on any atom is -0.490 e. The Balaban J connectivity index is 2.37. The van der Waals surface area contributed by atoms with Gasteiger partial charge in [-0.2, -0.15) is 0 Å². The molecule has 0 aliphatic carbocycles. The van der Waals surface area contributed by atoms with E-state index >= 15 is 0 Å². The van der Waals surface area contributed by atoms with Gasteiger partial charge in [-0.05, 0) is 37.3 Å². The fourth-order valence-electron chi connectivity index (χ4n) is 1.73. The summed E-state index contributed by atoms with van der Waals surface area (Å²) >= 11 is 3.36. The normalized spacial score (nSPS) is 10.1. The summed E-state index contributed by atoms with van der Waals surface area (Å²) < 4.78 is 12.2. The van der Waals surface area contributed by atoms with Gasteiger partial charge in [-0.3, -0.25) is 5.41 Å². The van der Waals surface area contributed by atoms with Crippen molar-refractivity contribution < 1.29 is 9.47 Å². The molecule has 20 heavy (non-hydrogen) atoms. The molecule has 0 aliphatic rings. The van der Waals surface area contributed by atoms with Gasteiger partial charge in [0.25, 0.3) is 0 Å². The number of hydrogen-bond acceptors (Lipinski definition) is 3. The van der Waals surface area contributed by atoms with E-state index in [1.807, 2.05) is 37.3 Å². The van der Waals surface area contributed by atoms with Gasteiger partial charge in [0, 0.05) is 4.47 Å². The second-order valence-corrected chi connectivity index (χ2v) is 4.95. The molecule has 0 aliphatic heterocycles. The Labute approximate surface area is 126 Å². The lowest BCUT2D eigenvalue weighted by atomic mass is 10.2. The molecule has 0 saturated carbocycles. The molecule has 0 radical (unpaired) electrons. The van der Waals surface area contributed by atoms with Crippen LogP contribution in [0.2, 0.25) is 0 Å². The number of hydrogen-bond donors (Lipinski definition) is 2. The highest BCUT2D eigenvalue weighted by atomic mass is 79.9. The molecule has 2 aromatic rings. The minimum absolute atomic E-state index is 0.0461. The van der Waals surface area contributed by atoms with E-state index in [4.69, 9.17) is 20.6 Å². The van der Waals surface area contributed by atoms with Crippen LogP contribution < -0.4 is 15.2 Å². The molecule has 0 heterocycles. The van der Waals surface area contributed by atoms with Crippen LogP contribution in [0.25, 0.3) is 0 Å². The van der Waals surface area contributed by atoms with Gasteiger partial charge in [-0.15, -0.1) is 0 Å². The average Bonchev–Trinajstić information content (AvgIpc) is 2.43. The Morgan fingerprint density at radius 2 is 1.85 bits per heavy atom. The highest BCUT2D eigenvalue weighted by Gasteiger charge is 2.11. The maximum absolute atomic E-state index is 7.62. The van der Waals surface area contributed by atoms with Crippen LogP contribution >= 0.6 is 15.9 Å². The Hall–Kier alpha value is -2.01. The van der Waals surface area contributed by atoms with E-state index < -0.39 is 0 Å². The maximum atomic E-state index is 7.62. The lowest BCUT2D eigenvalue weighted by Crippen LogP contribution is -2.12. The standard InChI is InChI=1S/C15H15BrN2O2/c1-2-19-13-5-3-4-6-14(13)20-12-8-7-10(16)9-11(12)15(17)18/h3-9H,2H2,1H3,(H3,17,18). The van der Waals surface area contributed by atoms with E-state index in [9.17, 15) is 0 Å². The van der Waals surface area contributed by atoms with Crippen molar-refractivity contribution >= 4 is 21.8 Å². The number of nitrogen functional groups attached to an aromatic ring is 1. The van der Waals surface area contributed by atoms with Crippen LogP contribution in [0.1, 0.15) is 12.5 Å². The van der Waals surface area contributed by atoms with Crippen molar-refractivity contribution in [1.82, 2.24) is 0 Å². The van der Waals surface area contributed by atoms with E-state index in [-0.39, 0.29) is 5.84 Å². The maximum Gasteiger partial charge on any atom is 0.169 e. The number of para-hydroxylation sites is 2. The van der Waals surface area contributed by atoms with Crippen LogP contribution in [0.5, 0.6) is 17.2 Å². The van der Waals surface area contributed by atoms with Crippen LogP contribution in [0.15, 0.2) is 46.9 Å². The number of nitrogens with one attached hydrogen (secondary N) is 1. The van der Waals surface area contributed by atoms with Gasteiger partial charge >= 0.3 is 0 Å². The Morgan fingerprint density at radius 3 is 2.50 bits per heavy atom. The van der Waals surface area contributed by atoms with Crippen molar-refractivity contribution in [3.63, 3.8) is 0 Å². The van der Waals surface area contributed by atoms with Gasteiger partial charge in [-0.1, -0.05) is 28.1 Å². The Morgan fingerprint density at radius 1 is 1.15 bits per heavy atom. The minimum atomic E-state index is -0.0461. The van der Waals surface area contributed by atoms with E-state index in [0.717, 1.165) is 4.47 Å². The molecule has 0 atom stereocenters. The molecule has 0 amide bonds. The predicted octanol–water partition coefficient (Wildman–Crippen LogP) is 3.92. The first-order chi connectivity index (χ1) is 9.61. The average molecular weight is 335 g/mol. The van der Waals surface area contributed by atoms with Crippen molar-refractivity contribution in [2.45, 2.75) is 6.92 Å². The summed E-state index contributed by atoms with van der Waals surface area (Å²) in [4.78, 5) is 0. The molecular formula is C15H15BrN2O2. The molecule has 4 nitrogen and oxygen atoms in total. The summed E-state index contributed by atoms with van der Waals surface area (Å²) in [5.41, 5.74) is 6.12. The van der Waals surface area contributed by atoms with Crippen molar-refractivity contribution in [1.29, 1.82) is 5.41 Å². The monoisotopic (exact) mass is 334 g/mol. The smallest absolute Gasteiger partial charge is 0.169 e. The highest BCUT2D eigenvalue weighted by Crippen LogP contribution is 2.33.